The molecule has 3 atom stereocenters. The summed E-state index contributed by atoms with van der Waals surface area (Å²) in [6, 6.07) is -0.0398. The molecule has 0 aromatic carbocycles. The number of hydrogen-bond acceptors (Lipinski definition) is 3. The van der Waals surface area contributed by atoms with E-state index in [2.05, 4.69) is 12.2 Å². The van der Waals surface area contributed by atoms with Crippen molar-refractivity contribution in [3.63, 3.8) is 0 Å². The van der Waals surface area contributed by atoms with Gasteiger partial charge in [0.15, 0.2) is 0 Å². The lowest BCUT2D eigenvalue weighted by Gasteiger charge is -2.38. The predicted octanol–water partition coefficient (Wildman–Crippen LogP) is 1.48. The van der Waals surface area contributed by atoms with Crippen LogP contribution in [-0.4, -0.2) is 47.6 Å². The lowest BCUT2D eigenvalue weighted by atomic mass is 9.89. The van der Waals surface area contributed by atoms with Gasteiger partial charge in [-0.1, -0.05) is 6.92 Å². The van der Waals surface area contributed by atoms with E-state index in [9.17, 15) is 9.59 Å². The Morgan fingerprint density at radius 3 is 2.80 bits per heavy atom. The molecule has 3 unspecified atom stereocenters. The number of hydrogen-bond donors (Lipinski definition) is 2. The van der Waals surface area contributed by atoms with Crippen molar-refractivity contribution < 1.29 is 14.7 Å². The molecule has 2 fully saturated rings. The van der Waals surface area contributed by atoms with Gasteiger partial charge in [-0.2, -0.15) is 0 Å². The number of aliphatic carboxylic acids is 1. The number of rotatable bonds is 4. The van der Waals surface area contributed by atoms with Crippen molar-refractivity contribution in [1.29, 1.82) is 0 Å². The molecule has 0 aliphatic carbocycles. The molecule has 2 aliphatic rings. The zero-order valence-corrected chi connectivity index (χ0v) is 12.3. The highest BCUT2D eigenvalue weighted by molar-refractivity contribution is 5.82. The Morgan fingerprint density at radius 2 is 2.10 bits per heavy atom. The largest absolute Gasteiger partial charge is 0.481 e. The maximum Gasteiger partial charge on any atom is 0.303 e. The minimum absolute atomic E-state index is 0.0398. The van der Waals surface area contributed by atoms with Crippen molar-refractivity contribution in [2.45, 2.75) is 51.5 Å². The average molecular weight is 282 g/mol. The minimum Gasteiger partial charge on any atom is -0.481 e. The first-order valence-corrected chi connectivity index (χ1v) is 7.82. The topological polar surface area (TPSA) is 69.6 Å². The van der Waals surface area contributed by atoms with Crippen molar-refractivity contribution in [2.24, 2.45) is 11.8 Å². The monoisotopic (exact) mass is 282 g/mol. The lowest BCUT2D eigenvalue weighted by molar-refractivity contribution is -0.138. The zero-order valence-electron chi connectivity index (χ0n) is 12.3. The second kappa shape index (κ2) is 7.07. The van der Waals surface area contributed by atoms with Crippen LogP contribution >= 0.6 is 0 Å². The van der Waals surface area contributed by atoms with Crippen LogP contribution in [0.25, 0.3) is 0 Å². The van der Waals surface area contributed by atoms with Crippen molar-refractivity contribution >= 4 is 11.9 Å². The van der Waals surface area contributed by atoms with Gasteiger partial charge in [-0.25, -0.2) is 0 Å². The van der Waals surface area contributed by atoms with E-state index < -0.39 is 5.97 Å². The molecule has 0 saturated carbocycles. The fourth-order valence-electron chi connectivity index (χ4n) is 3.41. The molecular weight excluding hydrogens is 256 g/mol. The van der Waals surface area contributed by atoms with E-state index in [1.54, 1.807) is 0 Å². The van der Waals surface area contributed by atoms with Crippen molar-refractivity contribution in [2.75, 3.05) is 19.6 Å². The molecule has 5 heteroatoms. The predicted molar refractivity (Wildman–Crippen MR) is 76.4 cm³/mol. The first kappa shape index (κ1) is 15.3. The number of carbonyl (C=O) groups excluding carboxylic acids is 1. The quantitative estimate of drug-likeness (QED) is 0.819. The van der Waals surface area contributed by atoms with Crippen LogP contribution in [0.4, 0.5) is 0 Å². The second-order valence-corrected chi connectivity index (χ2v) is 6.28. The van der Waals surface area contributed by atoms with E-state index in [0.29, 0.717) is 18.3 Å². The summed E-state index contributed by atoms with van der Waals surface area (Å²) in [4.78, 5) is 25.2. The molecule has 5 nitrogen and oxygen atoms in total. The van der Waals surface area contributed by atoms with E-state index >= 15 is 0 Å². The van der Waals surface area contributed by atoms with E-state index in [-0.39, 0.29) is 18.4 Å². The molecule has 114 valence electrons. The fraction of sp³-hybridized carbons (Fsp3) is 0.867. The van der Waals surface area contributed by atoms with Gasteiger partial charge in [0, 0.05) is 19.5 Å². The number of likely N-dealkylation sites (tertiary alicyclic amines) is 1. The summed E-state index contributed by atoms with van der Waals surface area (Å²) in [6.45, 7) is 4.63. The van der Waals surface area contributed by atoms with Crippen LogP contribution in [-0.2, 0) is 9.59 Å². The maximum atomic E-state index is 12.6. The van der Waals surface area contributed by atoms with Crippen molar-refractivity contribution in [3.05, 3.63) is 0 Å². The Balaban J connectivity index is 1.87. The molecule has 0 aromatic rings. The molecule has 0 bridgehead atoms. The Kier molecular flexibility index (Phi) is 5.40. The minimum atomic E-state index is -0.740. The van der Waals surface area contributed by atoms with Gasteiger partial charge < -0.3 is 15.3 Å². The van der Waals surface area contributed by atoms with Crippen LogP contribution in [0.2, 0.25) is 0 Å². The third kappa shape index (κ3) is 3.95. The van der Waals surface area contributed by atoms with Crippen LogP contribution in [0.5, 0.6) is 0 Å². The number of carbonyl (C=O) groups is 2. The highest BCUT2D eigenvalue weighted by atomic mass is 16.4. The van der Waals surface area contributed by atoms with E-state index in [1.807, 2.05) is 4.90 Å². The standard InChI is InChI=1S/C15H26N2O3/c1-11-4-2-8-16-14(11)15(20)17-9-3-5-12(10-17)6-7-13(18)19/h11-12,14,16H,2-10H2,1H3,(H,18,19). The van der Waals surface area contributed by atoms with Crippen LogP contribution in [0.1, 0.15) is 45.4 Å². The van der Waals surface area contributed by atoms with Gasteiger partial charge in [-0.15, -0.1) is 0 Å². The lowest BCUT2D eigenvalue weighted by Crippen LogP contribution is -2.54. The van der Waals surface area contributed by atoms with Gasteiger partial charge in [-0.05, 0) is 50.5 Å². The highest BCUT2D eigenvalue weighted by Gasteiger charge is 2.33. The molecule has 0 radical (unpaired) electrons. The van der Waals surface area contributed by atoms with Crippen LogP contribution in [0, 0.1) is 11.8 Å². The first-order chi connectivity index (χ1) is 9.58. The smallest absolute Gasteiger partial charge is 0.303 e. The Bertz CT molecular complexity index is 359. The maximum absolute atomic E-state index is 12.6. The Morgan fingerprint density at radius 1 is 1.30 bits per heavy atom. The molecular formula is C15H26N2O3. The summed E-state index contributed by atoms with van der Waals surface area (Å²) in [5.41, 5.74) is 0. The molecule has 0 aromatic heterocycles. The van der Waals surface area contributed by atoms with Gasteiger partial charge in [0.1, 0.15) is 0 Å². The van der Waals surface area contributed by atoms with Crippen molar-refractivity contribution in [1.82, 2.24) is 10.2 Å². The number of amides is 1. The zero-order chi connectivity index (χ0) is 14.5. The van der Waals surface area contributed by atoms with Crippen LogP contribution in [0.15, 0.2) is 0 Å². The molecule has 2 rings (SSSR count). The van der Waals surface area contributed by atoms with Crippen LogP contribution in [0.3, 0.4) is 0 Å². The van der Waals surface area contributed by atoms with Crippen molar-refractivity contribution in [3.8, 4) is 0 Å². The normalized spacial score (nSPS) is 31.1. The average Bonchev–Trinajstić information content (AvgIpc) is 2.45. The summed E-state index contributed by atoms with van der Waals surface area (Å²) in [7, 11) is 0. The first-order valence-electron chi connectivity index (χ1n) is 7.82. The number of carboxylic acid groups (broad SMARTS) is 1. The summed E-state index contributed by atoms with van der Waals surface area (Å²) in [6.07, 6.45) is 5.20. The van der Waals surface area contributed by atoms with E-state index in [1.165, 1.54) is 0 Å². The highest BCUT2D eigenvalue weighted by Crippen LogP contribution is 2.24. The van der Waals surface area contributed by atoms with Crippen LogP contribution < -0.4 is 5.32 Å². The van der Waals surface area contributed by atoms with Gasteiger partial charge in [-0.3, -0.25) is 9.59 Å². The molecule has 2 N–H and O–H groups in total. The summed E-state index contributed by atoms with van der Waals surface area (Å²) in [5.74, 6) is 0.228. The molecule has 0 spiro atoms. The Labute approximate surface area is 120 Å². The van der Waals surface area contributed by atoms with Gasteiger partial charge in [0.05, 0.1) is 6.04 Å². The van der Waals surface area contributed by atoms with Gasteiger partial charge in [0.25, 0.3) is 0 Å². The fourth-order valence-corrected chi connectivity index (χ4v) is 3.41. The number of piperidine rings is 2. The van der Waals surface area contributed by atoms with E-state index in [4.69, 9.17) is 5.11 Å². The summed E-state index contributed by atoms with van der Waals surface area (Å²) >= 11 is 0. The number of carboxylic acids is 1. The summed E-state index contributed by atoms with van der Waals surface area (Å²) < 4.78 is 0. The second-order valence-electron chi connectivity index (χ2n) is 6.28. The number of nitrogens with zero attached hydrogens (tertiary/aromatic N) is 1. The third-order valence-electron chi connectivity index (χ3n) is 4.63. The Hall–Kier alpha value is -1.10. The number of nitrogens with one attached hydrogen (secondary N) is 1. The third-order valence-corrected chi connectivity index (χ3v) is 4.63. The van der Waals surface area contributed by atoms with Gasteiger partial charge in [0.2, 0.25) is 5.91 Å². The molecule has 2 aliphatic heterocycles. The molecule has 1 amide bonds. The SMILES string of the molecule is CC1CCCNC1C(=O)N1CCCC(CCC(=O)O)C1. The van der Waals surface area contributed by atoms with E-state index in [0.717, 1.165) is 45.3 Å². The molecule has 2 saturated heterocycles. The van der Waals surface area contributed by atoms with Gasteiger partial charge >= 0.3 is 5.97 Å². The molecule has 20 heavy (non-hydrogen) atoms. The molecule has 2 heterocycles. The summed E-state index contributed by atoms with van der Waals surface area (Å²) in [5, 5.41) is 12.1.